The Labute approximate surface area is 132 Å². The van der Waals surface area contributed by atoms with Crippen LogP contribution in [0.25, 0.3) is 10.2 Å². The summed E-state index contributed by atoms with van der Waals surface area (Å²) >= 11 is 3.89. The molecule has 0 bridgehead atoms. The number of hydrogen-bond donors (Lipinski definition) is 1. The van der Waals surface area contributed by atoms with Gasteiger partial charge in [-0.15, -0.1) is 11.3 Å². The quantitative estimate of drug-likeness (QED) is 0.730. The number of hydrogen-bond acceptors (Lipinski definition) is 8. The predicted molar refractivity (Wildman–Crippen MR) is 82.5 cm³/mol. The Balaban J connectivity index is 2.07. The van der Waals surface area contributed by atoms with E-state index in [0.717, 1.165) is 27.0 Å². The van der Waals surface area contributed by atoms with Crippen LogP contribution in [0.2, 0.25) is 0 Å². The maximum absolute atomic E-state index is 11.2. The summed E-state index contributed by atoms with van der Waals surface area (Å²) in [7, 11) is 0. The fourth-order valence-electron chi connectivity index (χ4n) is 1.83. The molecule has 108 valence electrons. The van der Waals surface area contributed by atoms with Crippen molar-refractivity contribution in [1.82, 2.24) is 19.3 Å². The van der Waals surface area contributed by atoms with E-state index in [1.165, 1.54) is 41.0 Å². The molecule has 0 radical (unpaired) electrons. The first-order valence-electron chi connectivity index (χ1n) is 6.08. The van der Waals surface area contributed by atoms with Gasteiger partial charge < -0.3 is 5.11 Å². The minimum Gasteiger partial charge on any atom is -0.477 e. The van der Waals surface area contributed by atoms with E-state index < -0.39 is 5.97 Å². The topological polar surface area (TPSA) is 88.9 Å². The van der Waals surface area contributed by atoms with Gasteiger partial charge in [0.1, 0.15) is 26.9 Å². The van der Waals surface area contributed by atoms with Crippen LogP contribution >= 0.6 is 34.6 Å². The number of aryl methyl sites for hydroxylation is 2. The smallest absolute Gasteiger partial charge is 0.346 e. The summed E-state index contributed by atoms with van der Waals surface area (Å²) in [5.74, 6) is -0.128. The Hall–Kier alpha value is -1.58. The van der Waals surface area contributed by atoms with Gasteiger partial charge in [0, 0.05) is 11.8 Å². The van der Waals surface area contributed by atoms with Crippen LogP contribution in [0.5, 0.6) is 0 Å². The summed E-state index contributed by atoms with van der Waals surface area (Å²) < 4.78 is 5.04. The molecule has 3 rings (SSSR count). The lowest BCUT2D eigenvalue weighted by Gasteiger charge is -1.99. The van der Waals surface area contributed by atoms with Crippen molar-refractivity contribution in [3.63, 3.8) is 0 Å². The fourth-order valence-corrected chi connectivity index (χ4v) is 4.64. The van der Waals surface area contributed by atoms with Gasteiger partial charge in [0.2, 0.25) is 0 Å². The average Bonchev–Trinajstić information content (AvgIpc) is 3.04. The molecular formula is C12H10N4O2S3. The molecule has 0 saturated carbocycles. The van der Waals surface area contributed by atoms with Gasteiger partial charge in [-0.2, -0.15) is 4.37 Å². The van der Waals surface area contributed by atoms with Crippen LogP contribution in [0.15, 0.2) is 15.7 Å². The minimum absolute atomic E-state index is 0.305. The fraction of sp³-hybridized carbons (Fsp3) is 0.250. The molecule has 0 amide bonds. The van der Waals surface area contributed by atoms with E-state index in [1.807, 2.05) is 6.92 Å². The summed E-state index contributed by atoms with van der Waals surface area (Å²) in [5, 5.41) is 10.7. The molecule has 6 nitrogen and oxygen atoms in total. The molecule has 3 heterocycles. The summed E-state index contributed by atoms with van der Waals surface area (Å²) in [6.07, 6.45) is 2.24. The zero-order valence-corrected chi connectivity index (χ0v) is 13.6. The highest BCUT2D eigenvalue weighted by Gasteiger charge is 2.19. The van der Waals surface area contributed by atoms with E-state index >= 15 is 0 Å². The van der Waals surface area contributed by atoms with Crippen molar-refractivity contribution < 1.29 is 9.90 Å². The van der Waals surface area contributed by atoms with E-state index in [9.17, 15) is 9.90 Å². The van der Waals surface area contributed by atoms with Gasteiger partial charge in [0.15, 0.2) is 4.34 Å². The molecule has 21 heavy (non-hydrogen) atoms. The highest BCUT2D eigenvalue weighted by Crippen LogP contribution is 2.38. The molecular weight excluding hydrogens is 328 g/mol. The van der Waals surface area contributed by atoms with Crippen LogP contribution in [-0.2, 0) is 6.42 Å². The Kier molecular flexibility index (Phi) is 3.87. The second-order valence-corrected chi connectivity index (χ2v) is 7.14. The van der Waals surface area contributed by atoms with E-state index in [4.69, 9.17) is 0 Å². The van der Waals surface area contributed by atoms with Crippen LogP contribution in [0, 0.1) is 6.92 Å². The standard InChI is InChI=1S/C12H10N4O2S3/c1-3-6-15-12(21-16-6)20-10-7-5(2)8(11(17)18)19-9(7)13-4-14-10/h4H,3H2,1-2H3,(H,17,18). The third kappa shape index (κ3) is 2.63. The first-order chi connectivity index (χ1) is 10.1. The van der Waals surface area contributed by atoms with Gasteiger partial charge in [0.25, 0.3) is 0 Å². The van der Waals surface area contributed by atoms with Gasteiger partial charge in [-0.3, -0.25) is 0 Å². The van der Waals surface area contributed by atoms with Crippen LogP contribution < -0.4 is 0 Å². The number of nitrogens with zero attached hydrogens (tertiary/aromatic N) is 4. The van der Waals surface area contributed by atoms with E-state index in [1.54, 1.807) is 6.92 Å². The third-order valence-electron chi connectivity index (χ3n) is 2.84. The summed E-state index contributed by atoms with van der Waals surface area (Å²) in [6, 6.07) is 0. The predicted octanol–water partition coefficient (Wildman–Crippen LogP) is 3.26. The van der Waals surface area contributed by atoms with Gasteiger partial charge >= 0.3 is 5.97 Å². The van der Waals surface area contributed by atoms with Gasteiger partial charge in [-0.05, 0) is 35.8 Å². The van der Waals surface area contributed by atoms with Gasteiger partial charge in [0.05, 0.1) is 0 Å². The lowest BCUT2D eigenvalue weighted by atomic mass is 10.2. The van der Waals surface area contributed by atoms with Crippen molar-refractivity contribution in [3.05, 3.63) is 22.6 Å². The van der Waals surface area contributed by atoms with E-state index in [0.29, 0.717) is 15.3 Å². The average molecular weight is 338 g/mol. The Morgan fingerprint density at radius 1 is 1.43 bits per heavy atom. The molecule has 0 fully saturated rings. The lowest BCUT2D eigenvalue weighted by Crippen LogP contribution is -1.94. The molecule has 1 N–H and O–H groups in total. The maximum atomic E-state index is 11.2. The molecule has 0 saturated heterocycles. The number of aromatic nitrogens is 4. The highest BCUT2D eigenvalue weighted by atomic mass is 32.2. The maximum Gasteiger partial charge on any atom is 0.346 e. The largest absolute Gasteiger partial charge is 0.477 e. The van der Waals surface area contributed by atoms with E-state index in [2.05, 4.69) is 19.3 Å². The SMILES string of the molecule is CCc1nsc(Sc2ncnc3sc(C(=O)O)c(C)c23)n1. The van der Waals surface area contributed by atoms with Crippen LogP contribution in [0.1, 0.15) is 28.0 Å². The first-order valence-corrected chi connectivity index (χ1v) is 8.48. The summed E-state index contributed by atoms with van der Waals surface area (Å²) in [4.78, 5) is 25.1. The molecule has 3 aromatic heterocycles. The molecule has 0 aliphatic rings. The Morgan fingerprint density at radius 3 is 2.90 bits per heavy atom. The molecule has 9 heteroatoms. The van der Waals surface area contributed by atoms with Crippen molar-refractivity contribution in [2.24, 2.45) is 0 Å². The number of carboxylic acid groups (broad SMARTS) is 1. The second kappa shape index (κ2) is 5.66. The van der Waals surface area contributed by atoms with Crippen molar-refractivity contribution in [2.75, 3.05) is 0 Å². The summed E-state index contributed by atoms with van der Waals surface area (Å²) in [6.45, 7) is 3.79. The van der Waals surface area contributed by atoms with Gasteiger partial charge in [-0.25, -0.2) is 19.7 Å². The molecule has 0 aliphatic carbocycles. The van der Waals surface area contributed by atoms with Crippen molar-refractivity contribution >= 4 is 50.8 Å². The third-order valence-corrected chi connectivity index (χ3v) is 5.82. The van der Waals surface area contributed by atoms with Crippen molar-refractivity contribution in [1.29, 1.82) is 0 Å². The molecule has 0 aromatic carbocycles. The van der Waals surface area contributed by atoms with Crippen molar-refractivity contribution in [3.8, 4) is 0 Å². The zero-order valence-electron chi connectivity index (χ0n) is 11.2. The molecule has 3 aromatic rings. The molecule has 0 aliphatic heterocycles. The lowest BCUT2D eigenvalue weighted by molar-refractivity contribution is 0.0701. The Morgan fingerprint density at radius 2 is 2.24 bits per heavy atom. The molecule has 0 atom stereocenters. The zero-order chi connectivity index (χ0) is 15.0. The van der Waals surface area contributed by atoms with Crippen LogP contribution in [0.4, 0.5) is 0 Å². The normalized spacial score (nSPS) is 11.1. The molecule has 0 unspecified atom stereocenters. The monoisotopic (exact) mass is 338 g/mol. The first kappa shape index (κ1) is 14.4. The van der Waals surface area contributed by atoms with Gasteiger partial charge in [-0.1, -0.05) is 6.92 Å². The second-order valence-electron chi connectivity index (χ2n) is 4.15. The minimum atomic E-state index is -0.935. The molecule has 0 spiro atoms. The number of carbonyl (C=O) groups is 1. The highest BCUT2D eigenvalue weighted by molar-refractivity contribution is 8.01. The number of aromatic carboxylic acids is 1. The van der Waals surface area contributed by atoms with E-state index in [-0.39, 0.29) is 0 Å². The summed E-state index contributed by atoms with van der Waals surface area (Å²) in [5.41, 5.74) is 0.700. The van der Waals surface area contributed by atoms with Crippen molar-refractivity contribution in [2.45, 2.75) is 29.6 Å². The van der Waals surface area contributed by atoms with Crippen LogP contribution in [0.3, 0.4) is 0 Å². The Bertz CT molecular complexity index is 827. The number of fused-ring (bicyclic) bond motifs is 1. The number of rotatable bonds is 4. The number of thiophene rings is 1. The number of carboxylic acids is 1. The van der Waals surface area contributed by atoms with Crippen LogP contribution in [-0.4, -0.2) is 30.4 Å².